The highest BCUT2D eigenvalue weighted by Crippen LogP contribution is 2.22. The minimum absolute atomic E-state index is 0.0171. The zero-order chi connectivity index (χ0) is 72.5. The van der Waals surface area contributed by atoms with Crippen LogP contribution in [-0.4, -0.2) is 240 Å². The second-order valence-corrected chi connectivity index (χ2v) is 25.1. The monoisotopic (exact) mass is 1390 g/mol. The SMILES string of the molecule is CC[C@H](C)[C@@H]1NC(=O)[C@H](CCSC)NC(=O)[C@H](CCCNC(=N)N)NC(=O)[C@H](CO)NC(=O)[C@H](CCC(=O)O)NC(=O)[C@H](CCC(=O)O)NCCCCC(=O)[C@H](Cc2c[nH]cn2)NC(=O)[C@H](CCC(=O)O)NC(=O)[C@H](C(C)C)NC(=O)[C@@H]2CCCN2C(=O)[C@H](CCC(=O)O)NC1=O. The van der Waals surface area contributed by atoms with Crippen molar-refractivity contribution in [2.75, 3.05) is 38.2 Å². The normalized spacial score (nSPS) is 25.2. The molecule has 12 atom stereocenters. The lowest BCUT2D eigenvalue weighted by Crippen LogP contribution is -2.62. The molecule has 2 aliphatic rings. The average molecular weight is 1390 g/mol. The van der Waals surface area contributed by atoms with Crippen LogP contribution in [0.1, 0.15) is 143 Å². The predicted molar refractivity (Wildman–Crippen MR) is 346 cm³/mol. The highest BCUT2D eigenvalue weighted by atomic mass is 32.2. The van der Waals surface area contributed by atoms with Gasteiger partial charge in [0.1, 0.15) is 54.4 Å². The van der Waals surface area contributed by atoms with Crippen LogP contribution in [-0.2, 0) is 78.3 Å². The number of aromatic amines is 1. The third kappa shape index (κ3) is 29.1. The number of fused-ring (bicyclic) bond motifs is 1. The molecule has 0 aliphatic carbocycles. The number of H-pyrrole nitrogens is 1. The lowest BCUT2D eigenvalue weighted by molar-refractivity contribution is -0.144. The number of carbonyl (C=O) groups is 15. The van der Waals surface area contributed by atoms with E-state index in [4.69, 9.17) is 11.1 Å². The van der Waals surface area contributed by atoms with Crippen LogP contribution in [0.2, 0.25) is 0 Å². The molecule has 20 N–H and O–H groups in total. The van der Waals surface area contributed by atoms with Crippen LogP contribution in [0, 0.1) is 17.2 Å². The molecule has 542 valence electrons. The van der Waals surface area contributed by atoms with Crippen LogP contribution in [0.4, 0.5) is 0 Å². The molecule has 2 fully saturated rings. The molecule has 0 radical (unpaired) electrons. The summed E-state index contributed by atoms with van der Waals surface area (Å²) in [6.07, 6.45) is -0.221. The van der Waals surface area contributed by atoms with Gasteiger partial charge in [-0.05, 0) is 101 Å². The van der Waals surface area contributed by atoms with Crippen molar-refractivity contribution in [3.63, 3.8) is 0 Å². The number of aromatic nitrogens is 2. The number of hydrogen-bond donors (Lipinski definition) is 19. The van der Waals surface area contributed by atoms with E-state index in [1.54, 1.807) is 34.0 Å². The number of carboxylic acids is 4. The summed E-state index contributed by atoms with van der Waals surface area (Å²) in [5.74, 6) is -17.6. The maximum absolute atomic E-state index is 14.7. The lowest BCUT2D eigenvalue weighted by Gasteiger charge is -2.32. The number of aliphatic carboxylic acids is 4. The number of thioether (sulfide) groups is 1. The summed E-state index contributed by atoms with van der Waals surface area (Å²) in [6, 6.07) is -16.9. The number of aliphatic hydroxyl groups is 1. The maximum Gasteiger partial charge on any atom is 0.303 e. The number of carboxylic acid groups (broad SMARTS) is 4. The summed E-state index contributed by atoms with van der Waals surface area (Å²) >= 11 is 1.27. The summed E-state index contributed by atoms with van der Waals surface area (Å²) in [6.45, 7) is 5.09. The second-order valence-electron chi connectivity index (χ2n) is 24.1. The number of rotatable bonds is 25. The summed E-state index contributed by atoms with van der Waals surface area (Å²) in [7, 11) is 0. The molecule has 3 rings (SSSR count). The predicted octanol–water partition coefficient (Wildman–Crippen LogP) is -3.81. The first-order valence-corrected chi connectivity index (χ1v) is 33.6. The molecule has 2 saturated heterocycles. The third-order valence-electron chi connectivity index (χ3n) is 16.3. The minimum atomic E-state index is -1.90. The number of nitrogens with two attached hydrogens (primary N) is 1. The van der Waals surface area contributed by atoms with Gasteiger partial charge < -0.3 is 99.6 Å². The third-order valence-corrected chi connectivity index (χ3v) is 16.9. The first-order chi connectivity index (χ1) is 45.9. The van der Waals surface area contributed by atoms with Crippen molar-refractivity contribution in [2.45, 2.75) is 210 Å². The van der Waals surface area contributed by atoms with Gasteiger partial charge in [-0.2, -0.15) is 11.8 Å². The maximum atomic E-state index is 14.7. The van der Waals surface area contributed by atoms with Gasteiger partial charge in [0.2, 0.25) is 59.1 Å². The van der Waals surface area contributed by atoms with Crippen LogP contribution >= 0.6 is 11.8 Å². The number of Topliss-reactive ketones (excluding diaryl/α,β-unsaturated/α-hetero) is 1. The minimum Gasteiger partial charge on any atom is -0.481 e. The first-order valence-electron chi connectivity index (χ1n) is 32.2. The van der Waals surface area contributed by atoms with E-state index in [9.17, 15) is 97.5 Å². The molecule has 0 aromatic carbocycles. The molecule has 0 unspecified atom stereocenters. The van der Waals surface area contributed by atoms with Gasteiger partial charge in [0.25, 0.3) is 0 Å². The number of hydrogen-bond acceptors (Lipinski definition) is 20. The van der Waals surface area contributed by atoms with E-state index < -0.39 is 225 Å². The van der Waals surface area contributed by atoms with Crippen molar-refractivity contribution in [1.29, 1.82) is 5.41 Å². The van der Waals surface area contributed by atoms with Gasteiger partial charge in [0.05, 0.1) is 30.7 Å². The zero-order valence-electron chi connectivity index (χ0n) is 55.2. The Bertz CT molecular complexity index is 2900. The van der Waals surface area contributed by atoms with Gasteiger partial charge in [-0.1, -0.05) is 34.1 Å². The van der Waals surface area contributed by atoms with Crippen LogP contribution in [0.5, 0.6) is 0 Å². The Morgan fingerprint density at radius 2 is 1.07 bits per heavy atom. The fourth-order valence-corrected chi connectivity index (χ4v) is 11.0. The lowest BCUT2D eigenvalue weighted by atomic mass is 9.96. The van der Waals surface area contributed by atoms with E-state index >= 15 is 0 Å². The smallest absolute Gasteiger partial charge is 0.303 e. The van der Waals surface area contributed by atoms with E-state index in [0.29, 0.717) is 5.69 Å². The Kier molecular flexibility index (Phi) is 36.1. The van der Waals surface area contributed by atoms with Gasteiger partial charge in [0, 0.05) is 57.8 Å². The van der Waals surface area contributed by atoms with Crippen molar-refractivity contribution in [2.24, 2.45) is 17.6 Å². The summed E-state index contributed by atoms with van der Waals surface area (Å²) < 4.78 is 0. The van der Waals surface area contributed by atoms with Gasteiger partial charge in [-0.3, -0.25) is 77.3 Å². The van der Waals surface area contributed by atoms with Crippen molar-refractivity contribution >= 4 is 106 Å². The van der Waals surface area contributed by atoms with Crippen LogP contribution in [0.25, 0.3) is 0 Å². The number of nitrogens with one attached hydrogen (secondary N) is 13. The van der Waals surface area contributed by atoms with Crippen LogP contribution in [0.15, 0.2) is 12.5 Å². The number of imidazole rings is 1. The van der Waals surface area contributed by atoms with Crippen molar-refractivity contribution in [3.05, 3.63) is 18.2 Å². The fourth-order valence-electron chi connectivity index (χ4n) is 10.5. The van der Waals surface area contributed by atoms with Crippen LogP contribution in [0.3, 0.4) is 0 Å². The number of aliphatic hydroxyl groups excluding tert-OH is 1. The first kappa shape index (κ1) is 82.2. The van der Waals surface area contributed by atoms with Gasteiger partial charge in [-0.25, -0.2) is 4.98 Å². The van der Waals surface area contributed by atoms with Crippen molar-refractivity contribution in [3.8, 4) is 0 Å². The zero-order valence-corrected chi connectivity index (χ0v) is 56.0. The molecular formula is C60H96N16O20S. The summed E-state index contributed by atoms with van der Waals surface area (Å²) in [5.41, 5.74) is 5.77. The summed E-state index contributed by atoms with van der Waals surface area (Å²) in [4.78, 5) is 213. The van der Waals surface area contributed by atoms with Gasteiger partial charge >= 0.3 is 23.9 Å². The Morgan fingerprint density at radius 3 is 1.59 bits per heavy atom. The molecule has 10 amide bonds. The highest BCUT2D eigenvalue weighted by Gasteiger charge is 2.42. The quantitative estimate of drug-likeness (QED) is 0.0253. The Labute approximate surface area is 564 Å². The second kappa shape index (κ2) is 42.5. The Balaban J connectivity index is 2.21. The number of guanidine groups is 1. The van der Waals surface area contributed by atoms with Crippen molar-refractivity contribution < 1.29 is 97.5 Å². The molecule has 37 heteroatoms. The van der Waals surface area contributed by atoms with Crippen LogP contribution < -0.4 is 64.2 Å². The molecule has 1 aromatic heterocycles. The van der Waals surface area contributed by atoms with Gasteiger partial charge in [0.15, 0.2) is 11.7 Å². The fraction of sp³-hybridized carbons (Fsp3) is 0.683. The van der Waals surface area contributed by atoms with E-state index in [1.165, 1.54) is 24.3 Å². The molecule has 1 aromatic rings. The molecule has 0 bridgehead atoms. The molecule has 2 aliphatic heterocycles. The molecule has 3 heterocycles. The van der Waals surface area contributed by atoms with Gasteiger partial charge in [-0.15, -0.1) is 0 Å². The molecular weight excluding hydrogens is 1300 g/mol. The highest BCUT2D eigenvalue weighted by molar-refractivity contribution is 7.98. The summed E-state index contributed by atoms with van der Waals surface area (Å²) in [5, 5.41) is 84.9. The molecule has 0 spiro atoms. The van der Waals surface area contributed by atoms with E-state index in [-0.39, 0.29) is 96.0 Å². The Morgan fingerprint density at radius 1 is 0.608 bits per heavy atom. The number of nitrogens with zero attached hydrogens (tertiary/aromatic N) is 2. The largest absolute Gasteiger partial charge is 0.481 e. The molecule has 97 heavy (non-hydrogen) atoms. The number of carbonyl (C=O) groups excluding carboxylic acids is 11. The van der Waals surface area contributed by atoms with E-state index in [1.807, 2.05) is 0 Å². The molecule has 36 nitrogen and oxygen atoms in total. The topological polar surface area (TPSA) is 571 Å². The standard InChI is InChI=1S/C60H96N16O20S/c1-6-32(4)49-58(95)71-39(17-21-47(85)86)59(96)76-25-10-12-42(76)56(93)74-48(31(2)3)57(94)70-37(16-20-46(83)84)52(89)72-40(27-33-28-63-30-66-33)43(78)13-7-8-23-64-34(14-18-44(79)80)50(87)68-36(15-19-45(81)82)53(90)73-41(29-77)55(92)67-35(11-9-24-65-60(61)62)51(88)69-38(22-26-97-5)54(91)75-49/h28,30-32,34-42,48-49,64,77H,6-27,29H2,1-5H3,(H,63,66)(H,67,92)(H,68,87)(H,69,88)(H,70,94)(H,71,95)(H,72,89)(H,73,90)(H,74,93)(H,75,91)(H,79,80)(H,81,82)(H,83,84)(H,85,86)(H4,61,62,65)/t32-,34-,35-,36-,37-,38-,39-,40-,41-,42-,48-,49-/m0/s1. The Hall–Kier alpha value is -9.00. The van der Waals surface area contributed by atoms with E-state index in [2.05, 4.69) is 68.5 Å². The number of ketones is 1. The number of amides is 10. The average Bonchev–Trinajstić information content (AvgIpc) is 1.53. The van der Waals surface area contributed by atoms with E-state index in [0.717, 1.165) is 4.90 Å². The molecule has 0 saturated carbocycles. The van der Waals surface area contributed by atoms with Crippen molar-refractivity contribution in [1.82, 2.24) is 73.4 Å².